The van der Waals surface area contributed by atoms with E-state index < -0.39 is 37.5 Å². The highest BCUT2D eigenvalue weighted by Crippen LogP contribution is 2.66. The van der Waals surface area contributed by atoms with Gasteiger partial charge < -0.3 is 0 Å². The summed E-state index contributed by atoms with van der Waals surface area (Å²) in [6, 6.07) is 0. The normalized spacial score (nSPS) is 25.1. The molecule has 4 nitrogen and oxygen atoms in total. The third-order valence-corrected chi connectivity index (χ3v) is 4.79. The van der Waals surface area contributed by atoms with Crippen LogP contribution in [-0.2, 0) is 18.1 Å². The average molecular weight is 330 g/mol. The molecule has 120 valence electrons. The van der Waals surface area contributed by atoms with Gasteiger partial charge >= 0.3 is 20.2 Å². The zero-order valence-electron chi connectivity index (χ0n) is 10.9. The van der Waals surface area contributed by atoms with Crippen LogP contribution in [0.15, 0.2) is 0 Å². The van der Waals surface area contributed by atoms with Gasteiger partial charge in [-0.3, -0.25) is 13.6 Å². The summed E-state index contributed by atoms with van der Waals surface area (Å²) >= 11 is 0. The van der Waals surface area contributed by atoms with E-state index in [1.54, 1.807) is 0 Å². The van der Waals surface area contributed by atoms with Crippen LogP contribution in [0, 0.1) is 0 Å². The van der Waals surface area contributed by atoms with E-state index in [4.69, 9.17) is 0 Å². The van der Waals surface area contributed by atoms with E-state index >= 15 is 0 Å². The van der Waals surface area contributed by atoms with Crippen LogP contribution in [0.1, 0.15) is 27.7 Å². The first-order valence-corrected chi connectivity index (χ1v) is 6.80. The molecule has 0 radical (unpaired) electrons. The second-order valence-electron chi connectivity index (χ2n) is 5.22. The number of rotatable bonds is 2. The van der Waals surface area contributed by atoms with Gasteiger partial charge in [-0.05, 0) is 27.7 Å². The lowest BCUT2D eigenvalue weighted by Gasteiger charge is -2.28. The van der Waals surface area contributed by atoms with Gasteiger partial charge in [0.1, 0.15) is 11.2 Å². The van der Waals surface area contributed by atoms with Gasteiger partial charge in [0.2, 0.25) is 0 Å². The fraction of sp³-hybridized carbons (Fsp3) is 1.00. The number of phosphoric acid groups is 1. The Morgan fingerprint density at radius 1 is 0.900 bits per heavy atom. The van der Waals surface area contributed by atoms with Gasteiger partial charge in [-0.2, -0.15) is 26.3 Å². The van der Waals surface area contributed by atoms with Gasteiger partial charge in [-0.15, -0.1) is 0 Å². The SMILES string of the molecule is CC1(C)OP(=O)(OC(C(F)(F)F)C(F)(F)F)OC1(C)C. The monoisotopic (exact) mass is 330 g/mol. The average Bonchev–Trinajstić information content (AvgIpc) is 2.23. The van der Waals surface area contributed by atoms with Gasteiger partial charge in [0.05, 0.1) is 0 Å². The van der Waals surface area contributed by atoms with Crippen molar-refractivity contribution in [1.29, 1.82) is 0 Å². The molecule has 0 aromatic heterocycles. The van der Waals surface area contributed by atoms with Crippen molar-refractivity contribution in [2.45, 2.75) is 57.4 Å². The number of alkyl halides is 6. The third-order valence-electron chi connectivity index (χ3n) is 2.96. The Hall–Kier alpha value is -0.310. The molecule has 0 amide bonds. The summed E-state index contributed by atoms with van der Waals surface area (Å²) < 4.78 is 99.0. The summed E-state index contributed by atoms with van der Waals surface area (Å²) in [7, 11) is -5.00. The minimum absolute atomic E-state index is 1.31. The molecule has 0 atom stereocenters. The fourth-order valence-corrected chi connectivity index (χ4v) is 3.45. The van der Waals surface area contributed by atoms with Crippen molar-refractivity contribution >= 4 is 7.82 Å². The Labute approximate surface area is 111 Å². The van der Waals surface area contributed by atoms with Gasteiger partial charge in [0.15, 0.2) is 0 Å². The van der Waals surface area contributed by atoms with Crippen molar-refractivity contribution in [3.05, 3.63) is 0 Å². The molecule has 1 heterocycles. The molecule has 0 spiro atoms. The minimum atomic E-state index is -5.79. The summed E-state index contributed by atoms with van der Waals surface area (Å²) in [5.74, 6) is 0. The maximum Gasteiger partial charge on any atom is 0.476 e. The number of hydrogen-bond acceptors (Lipinski definition) is 4. The van der Waals surface area contributed by atoms with E-state index in [0.717, 1.165) is 0 Å². The van der Waals surface area contributed by atoms with E-state index in [2.05, 4.69) is 13.6 Å². The molecule has 11 heteroatoms. The highest BCUT2D eigenvalue weighted by Gasteiger charge is 2.65. The lowest BCUT2D eigenvalue weighted by atomic mass is 9.90. The molecule has 0 unspecified atom stereocenters. The molecule has 0 aromatic carbocycles. The van der Waals surface area contributed by atoms with Crippen LogP contribution < -0.4 is 0 Å². The molecule has 1 aliphatic heterocycles. The van der Waals surface area contributed by atoms with Crippen molar-refractivity contribution in [3.8, 4) is 0 Å². The van der Waals surface area contributed by atoms with Gasteiger partial charge in [0, 0.05) is 0 Å². The lowest BCUT2D eigenvalue weighted by molar-refractivity contribution is -0.303. The van der Waals surface area contributed by atoms with Crippen LogP contribution in [-0.4, -0.2) is 29.7 Å². The van der Waals surface area contributed by atoms with Gasteiger partial charge in [-0.25, -0.2) is 4.57 Å². The molecule has 1 rings (SSSR count). The van der Waals surface area contributed by atoms with Crippen molar-refractivity contribution in [2.24, 2.45) is 0 Å². The zero-order chi connectivity index (χ0) is 16.2. The first-order valence-electron chi connectivity index (χ1n) is 5.34. The zero-order valence-corrected chi connectivity index (χ0v) is 11.8. The van der Waals surface area contributed by atoms with Gasteiger partial charge in [0.25, 0.3) is 6.10 Å². The van der Waals surface area contributed by atoms with E-state index in [9.17, 15) is 30.9 Å². The Morgan fingerprint density at radius 3 is 1.45 bits per heavy atom. The maximum atomic E-state index is 12.3. The van der Waals surface area contributed by atoms with Crippen molar-refractivity contribution in [3.63, 3.8) is 0 Å². The summed E-state index contributed by atoms with van der Waals surface area (Å²) in [6.45, 7) is 5.25. The minimum Gasteiger partial charge on any atom is -0.278 e. The maximum absolute atomic E-state index is 12.3. The van der Waals surface area contributed by atoms with Crippen molar-refractivity contribution < 1.29 is 44.5 Å². The molecule has 20 heavy (non-hydrogen) atoms. The molecule has 0 N–H and O–H groups in total. The third kappa shape index (κ3) is 3.47. The van der Waals surface area contributed by atoms with Crippen LogP contribution in [0.25, 0.3) is 0 Å². The second-order valence-corrected chi connectivity index (χ2v) is 6.69. The fourth-order valence-electron chi connectivity index (χ4n) is 1.27. The topological polar surface area (TPSA) is 44.8 Å². The molecule has 0 aliphatic carbocycles. The molecule has 1 fully saturated rings. The standard InChI is InChI=1S/C9H13F6O4P/c1-6(2)7(3,4)19-20(16,18-6)17-5(8(10,11)12)9(13,14)15/h5H,1-4H3. The first kappa shape index (κ1) is 17.7. The number of halogens is 6. The predicted octanol–water partition coefficient (Wildman–Crippen LogP) is 4.21. The highest BCUT2D eigenvalue weighted by molar-refractivity contribution is 7.48. The van der Waals surface area contributed by atoms with Crippen LogP contribution in [0.5, 0.6) is 0 Å². The summed E-state index contributed by atoms with van der Waals surface area (Å²) in [5.41, 5.74) is -2.77. The summed E-state index contributed by atoms with van der Waals surface area (Å²) in [5, 5.41) is 0. The van der Waals surface area contributed by atoms with E-state index in [1.807, 2.05) is 0 Å². The van der Waals surface area contributed by atoms with E-state index in [1.165, 1.54) is 27.7 Å². The van der Waals surface area contributed by atoms with E-state index in [-0.39, 0.29) is 0 Å². The Bertz CT molecular complexity index is 393. The molecular weight excluding hydrogens is 317 g/mol. The highest BCUT2D eigenvalue weighted by atomic mass is 31.2. The Balaban J connectivity index is 3.06. The smallest absolute Gasteiger partial charge is 0.278 e. The van der Waals surface area contributed by atoms with Crippen LogP contribution in [0.2, 0.25) is 0 Å². The first-order chi connectivity index (χ1) is 8.50. The second kappa shape index (κ2) is 4.59. The lowest BCUT2D eigenvalue weighted by Crippen LogP contribution is -2.43. The van der Waals surface area contributed by atoms with Crippen LogP contribution >= 0.6 is 7.82 Å². The van der Waals surface area contributed by atoms with Crippen LogP contribution in [0.4, 0.5) is 26.3 Å². The van der Waals surface area contributed by atoms with Crippen LogP contribution in [0.3, 0.4) is 0 Å². The number of hydrogen-bond donors (Lipinski definition) is 0. The molecule has 0 bridgehead atoms. The molecule has 1 aliphatic rings. The molecule has 1 saturated heterocycles. The molecular formula is C9H13F6O4P. The van der Waals surface area contributed by atoms with Crippen molar-refractivity contribution in [2.75, 3.05) is 0 Å². The Morgan fingerprint density at radius 2 is 1.20 bits per heavy atom. The summed E-state index contributed by atoms with van der Waals surface area (Å²) in [4.78, 5) is 0. The summed E-state index contributed by atoms with van der Waals surface area (Å²) in [6.07, 6.45) is -15.8. The quantitative estimate of drug-likeness (QED) is 0.562. The number of phosphoric ester groups is 1. The molecule has 0 aromatic rings. The van der Waals surface area contributed by atoms with E-state index in [0.29, 0.717) is 0 Å². The molecule has 0 saturated carbocycles. The largest absolute Gasteiger partial charge is 0.476 e. The van der Waals surface area contributed by atoms with Crippen molar-refractivity contribution in [1.82, 2.24) is 0 Å². The van der Waals surface area contributed by atoms with Gasteiger partial charge in [-0.1, -0.05) is 0 Å². The predicted molar refractivity (Wildman–Crippen MR) is 54.9 cm³/mol. The Kier molecular flexibility index (Phi) is 4.07.